The van der Waals surface area contributed by atoms with E-state index in [0.29, 0.717) is 24.1 Å². The monoisotopic (exact) mass is 456 g/mol. The SMILES string of the molecule is Cc1cc(C)cc(COCCSc2nc(C(c3ccccc3)c3ccccc3)cc(=O)[nH]2)c1. The Morgan fingerprint density at radius 1 is 0.879 bits per heavy atom. The highest BCUT2D eigenvalue weighted by Gasteiger charge is 2.19. The standard InChI is InChI=1S/C28H28N2O2S/c1-20-15-21(2)17-22(16-20)19-32-13-14-33-28-29-25(18-26(31)30-28)27(23-9-5-3-6-10-23)24-11-7-4-8-12-24/h3-12,15-18,27H,13-14,19H2,1-2H3,(H,29,30,31). The van der Waals surface area contributed by atoms with Gasteiger partial charge in [-0.15, -0.1) is 0 Å². The summed E-state index contributed by atoms with van der Waals surface area (Å²) in [7, 11) is 0. The molecule has 0 radical (unpaired) electrons. The summed E-state index contributed by atoms with van der Waals surface area (Å²) in [6.07, 6.45) is 0. The molecule has 168 valence electrons. The summed E-state index contributed by atoms with van der Waals surface area (Å²) < 4.78 is 5.86. The Morgan fingerprint density at radius 3 is 2.09 bits per heavy atom. The number of ether oxygens (including phenoxy) is 1. The van der Waals surface area contributed by atoms with Gasteiger partial charge in [0, 0.05) is 11.8 Å². The molecule has 4 nitrogen and oxygen atoms in total. The molecule has 0 saturated heterocycles. The topological polar surface area (TPSA) is 55.0 Å². The van der Waals surface area contributed by atoms with E-state index in [9.17, 15) is 4.79 Å². The van der Waals surface area contributed by atoms with E-state index in [0.717, 1.165) is 16.8 Å². The molecule has 1 heterocycles. The van der Waals surface area contributed by atoms with Crippen molar-refractivity contribution in [2.45, 2.75) is 31.5 Å². The van der Waals surface area contributed by atoms with E-state index in [1.54, 1.807) is 6.07 Å². The summed E-state index contributed by atoms with van der Waals surface area (Å²) in [5, 5.41) is 0.615. The van der Waals surface area contributed by atoms with Gasteiger partial charge >= 0.3 is 0 Å². The predicted octanol–water partition coefficient (Wildman–Crippen LogP) is 5.88. The van der Waals surface area contributed by atoms with E-state index in [1.165, 1.54) is 28.5 Å². The normalized spacial score (nSPS) is 11.1. The number of aryl methyl sites for hydroxylation is 2. The summed E-state index contributed by atoms with van der Waals surface area (Å²) in [6, 6.07) is 28.4. The summed E-state index contributed by atoms with van der Waals surface area (Å²) in [4.78, 5) is 20.2. The van der Waals surface area contributed by atoms with E-state index in [4.69, 9.17) is 9.72 Å². The molecule has 0 fully saturated rings. The van der Waals surface area contributed by atoms with Gasteiger partial charge in [0.05, 0.1) is 24.8 Å². The fraction of sp³-hybridized carbons (Fsp3) is 0.214. The summed E-state index contributed by atoms with van der Waals surface area (Å²) in [6.45, 7) is 5.35. The van der Waals surface area contributed by atoms with Gasteiger partial charge in [0.15, 0.2) is 5.16 Å². The van der Waals surface area contributed by atoms with E-state index in [1.807, 2.05) is 36.4 Å². The Balaban J connectivity index is 1.46. The van der Waals surface area contributed by atoms with Gasteiger partial charge in [-0.25, -0.2) is 4.98 Å². The quantitative estimate of drug-likeness (QED) is 0.194. The molecule has 0 spiro atoms. The minimum Gasteiger partial charge on any atom is -0.376 e. The summed E-state index contributed by atoms with van der Waals surface area (Å²) in [5.41, 5.74) is 6.48. The number of H-pyrrole nitrogens is 1. The molecule has 0 atom stereocenters. The van der Waals surface area contributed by atoms with E-state index < -0.39 is 0 Å². The van der Waals surface area contributed by atoms with Gasteiger partial charge in [-0.05, 0) is 30.5 Å². The van der Waals surface area contributed by atoms with E-state index in [2.05, 4.69) is 61.3 Å². The maximum absolute atomic E-state index is 12.5. The number of benzene rings is 3. The zero-order chi connectivity index (χ0) is 23.0. The van der Waals surface area contributed by atoms with Crippen LogP contribution in [-0.2, 0) is 11.3 Å². The second kappa shape index (κ2) is 11.1. The second-order valence-corrected chi connectivity index (χ2v) is 9.21. The highest BCUT2D eigenvalue weighted by molar-refractivity contribution is 7.99. The molecule has 0 aliphatic carbocycles. The molecular formula is C28H28N2O2S. The molecule has 4 rings (SSSR count). The Kier molecular flexibility index (Phi) is 7.76. The fourth-order valence-corrected chi connectivity index (χ4v) is 4.77. The highest BCUT2D eigenvalue weighted by Crippen LogP contribution is 2.30. The van der Waals surface area contributed by atoms with Crippen LogP contribution >= 0.6 is 11.8 Å². The van der Waals surface area contributed by atoms with Crippen molar-refractivity contribution in [1.82, 2.24) is 9.97 Å². The Labute approximate surface area is 199 Å². The third-order valence-electron chi connectivity index (χ3n) is 5.32. The van der Waals surface area contributed by atoms with Crippen LogP contribution < -0.4 is 5.56 Å². The third kappa shape index (κ3) is 6.44. The number of nitrogens with one attached hydrogen (secondary N) is 1. The van der Waals surface area contributed by atoms with Crippen molar-refractivity contribution in [2.75, 3.05) is 12.4 Å². The molecule has 0 bridgehead atoms. The minimum atomic E-state index is -0.143. The third-order valence-corrected chi connectivity index (χ3v) is 6.16. The lowest BCUT2D eigenvalue weighted by molar-refractivity contribution is 0.136. The van der Waals surface area contributed by atoms with Gasteiger partial charge in [-0.1, -0.05) is 102 Å². The van der Waals surface area contributed by atoms with Crippen LogP contribution in [0.1, 0.15) is 39.4 Å². The molecule has 0 unspecified atom stereocenters. The van der Waals surface area contributed by atoms with Crippen LogP contribution in [0.5, 0.6) is 0 Å². The average molecular weight is 457 g/mol. The maximum atomic E-state index is 12.5. The van der Waals surface area contributed by atoms with Crippen LogP contribution in [0.4, 0.5) is 0 Å². The molecule has 5 heteroatoms. The summed E-state index contributed by atoms with van der Waals surface area (Å²) in [5.74, 6) is 0.605. The highest BCUT2D eigenvalue weighted by atomic mass is 32.2. The molecule has 4 aromatic rings. The Bertz CT molecular complexity index is 1180. The van der Waals surface area contributed by atoms with Gasteiger partial charge in [-0.2, -0.15) is 0 Å². The minimum absolute atomic E-state index is 0.102. The smallest absolute Gasteiger partial charge is 0.251 e. The number of aromatic amines is 1. The largest absolute Gasteiger partial charge is 0.376 e. The van der Waals surface area contributed by atoms with Crippen LogP contribution in [0.2, 0.25) is 0 Å². The number of aromatic nitrogens is 2. The lowest BCUT2D eigenvalue weighted by atomic mass is 9.88. The first-order valence-electron chi connectivity index (χ1n) is 11.1. The van der Waals surface area contributed by atoms with Gasteiger partial charge in [0.2, 0.25) is 0 Å². The molecular weight excluding hydrogens is 428 g/mol. The van der Waals surface area contributed by atoms with Crippen molar-refractivity contribution in [3.05, 3.63) is 129 Å². The van der Waals surface area contributed by atoms with Crippen LogP contribution in [0.15, 0.2) is 94.9 Å². The fourth-order valence-electron chi connectivity index (χ4n) is 4.03. The predicted molar refractivity (Wildman–Crippen MR) is 135 cm³/mol. The number of nitrogens with zero attached hydrogens (tertiary/aromatic N) is 1. The molecule has 0 saturated carbocycles. The van der Waals surface area contributed by atoms with Crippen molar-refractivity contribution in [1.29, 1.82) is 0 Å². The van der Waals surface area contributed by atoms with Gasteiger partial charge in [-0.3, -0.25) is 4.79 Å². The number of rotatable bonds is 9. The first-order chi connectivity index (χ1) is 16.1. The molecule has 0 aliphatic heterocycles. The van der Waals surface area contributed by atoms with Crippen LogP contribution in [0.3, 0.4) is 0 Å². The van der Waals surface area contributed by atoms with Crippen molar-refractivity contribution >= 4 is 11.8 Å². The Morgan fingerprint density at radius 2 is 1.48 bits per heavy atom. The first kappa shape index (κ1) is 23.0. The molecule has 0 amide bonds. The van der Waals surface area contributed by atoms with Crippen molar-refractivity contribution in [3.8, 4) is 0 Å². The number of thioether (sulfide) groups is 1. The molecule has 33 heavy (non-hydrogen) atoms. The second-order valence-electron chi connectivity index (χ2n) is 8.13. The average Bonchev–Trinajstić information content (AvgIpc) is 2.80. The van der Waals surface area contributed by atoms with E-state index in [-0.39, 0.29) is 11.5 Å². The van der Waals surface area contributed by atoms with Crippen molar-refractivity contribution in [3.63, 3.8) is 0 Å². The van der Waals surface area contributed by atoms with Gasteiger partial charge in [0.1, 0.15) is 0 Å². The zero-order valence-electron chi connectivity index (χ0n) is 19.0. The summed E-state index contributed by atoms with van der Waals surface area (Å²) >= 11 is 1.51. The molecule has 1 N–H and O–H groups in total. The molecule has 0 aliphatic rings. The van der Waals surface area contributed by atoms with Crippen LogP contribution in [0, 0.1) is 13.8 Å². The maximum Gasteiger partial charge on any atom is 0.251 e. The van der Waals surface area contributed by atoms with Crippen LogP contribution in [0.25, 0.3) is 0 Å². The first-order valence-corrected chi connectivity index (χ1v) is 12.1. The zero-order valence-corrected chi connectivity index (χ0v) is 19.8. The van der Waals surface area contributed by atoms with Crippen molar-refractivity contribution < 1.29 is 4.74 Å². The number of hydrogen-bond acceptors (Lipinski definition) is 4. The van der Waals surface area contributed by atoms with E-state index >= 15 is 0 Å². The van der Waals surface area contributed by atoms with Gasteiger partial charge < -0.3 is 9.72 Å². The molecule has 3 aromatic carbocycles. The molecule has 1 aromatic heterocycles. The van der Waals surface area contributed by atoms with Crippen molar-refractivity contribution in [2.24, 2.45) is 0 Å². The Hall–Kier alpha value is -3.15. The number of hydrogen-bond donors (Lipinski definition) is 1. The lowest BCUT2D eigenvalue weighted by Gasteiger charge is -2.18. The lowest BCUT2D eigenvalue weighted by Crippen LogP contribution is -2.15. The van der Waals surface area contributed by atoms with Crippen LogP contribution in [-0.4, -0.2) is 22.3 Å². The van der Waals surface area contributed by atoms with Gasteiger partial charge in [0.25, 0.3) is 5.56 Å².